The predicted octanol–water partition coefficient (Wildman–Crippen LogP) is 3.09. The lowest BCUT2D eigenvalue weighted by molar-refractivity contribution is 0.101. The van der Waals surface area contributed by atoms with Gasteiger partial charge in [-0.3, -0.25) is 9.78 Å². The van der Waals surface area contributed by atoms with Crippen LogP contribution in [0.4, 0.5) is 0 Å². The number of ketones is 1. The zero-order chi connectivity index (χ0) is 10.1. The van der Waals surface area contributed by atoms with Gasteiger partial charge in [-0.15, -0.1) is 0 Å². The molecule has 0 atom stereocenters. The van der Waals surface area contributed by atoms with Crippen molar-refractivity contribution in [3.63, 3.8) is 0 Å². The van der Waals surface area contributed by atoms with Crippen LogP contribution in [0.5, 0.6) is 0 Å². The zero-order valence-corrected chi connectivity index (χ0v) is 8.38. The molecule has 70 valence electrons. The minimum absolute atomic E-state index is 0.0436. The monoisotopic (exact) mass is 205 g/mol. The summed E-state index contributed by atoms with van der Waals surface area (Å²) in [7, 11) is 0. The Morgan fingerprint density at radius 2 is 2.14 bits per heavy atom. The van der Waals surface area contributed by atoms with Gasteiger partial charge >= 0.3 is 0 Å². The Morgan fingerprint density at radius 3 is 2.86 bits per heavy atom. The molecule has 0 aliphatic rings. The van der Waals surface area contributed by atoms with Crippen molar-refractivity contribution < 1.29 is 4.79 Å². The number of halogens is 1. The number of fused-ring (bicyclic) bond motifs is 1. The highest BCUT2D eigenvalue weighted by Gasteiger charge is 2.06. The fourth-order valence-electron chi connectivity index (χ4n) is 1.42. The molecule has 0 fully saturated rings. The van der Waals surface area contributed by atoms with Gasteiger partial charge in [0.2, 0.25) is 0 Å². The van der Waals surface area contributed by atoms with Gasteiger partial charge in [0.25, 0.3) is 0 Å². The average molecular weight is 206 g/mol. The van der Waals surface area contributed by atoms with E-state index in [0.29, 0.717) is 10.7 Å². The molecule has 14 heavy (non-hydrogen) atoms. The minimum atomic E-state index is -0.0436. The Kier molecular flexibility index (Phi) is 2.22. The van der Waals surface area contributed by atoms with Gasteiger partial charge in [0, 0.05) is 23.5 Å². The molecule has 1 heterocycles. The molecular weight excluding hydrogens is 198 g/mol. The first-order valence-electron chi connectivity index (χ1n) is 4.23. The van der Waals surface area contributed by atoms with Crippen LogP contribution in [-0.4, -0.2) is 10.8 Å². The summed E-state index contributed by atoms with van der Waals surface area (Å²) in [5.74, 6) is -0.0436. The van der Waals surface area contributed by atoms with Crippen molar-refractivity contribution in [2.45, 2.75) is 6.92 Å². The normalized spacial score (nSPS) is 10.4. The summed E-state index contributed by atoms with van der Waals surface area (Å²) in [6, 6.07) is 7.30. The van der Waals surface area contributed by atoms with Crippen LogP contribution < -0.4 is 0 Å². The zero-order valence-electron chi connectivity index (χ0n) is 7.62. The van der Waals surface area contributed by atoms with Crippen LogP contribution in [0.2, 0.25) is 5.02 Å². The molecule has 2 nitrogen and oxygen atoms in total. The largest absolute Gasteiger partial charge is 0.293 e. The second-order valence-electron chi connectivity index (χ2n) is 3.08. The van der Waals surface area contributed by atoms with Crippen LogP contribution in [0, 0.1) is 0 Å². The van der Waals surface area contributed by atoms with Gasteiger partial charge in [-0.05, 0) is 23.6 Å². The number of rotatable bonds is 1. The fourth-order valence-corrected chi connectivity index (χ4v) is 1.59. The molecule has 1 aromatic heterocycles. The molecule has 0 bridgehead atoms. The number of carbonyl (C=O) groups is 1. The molecular formula is C11H8ClNO. The summed E-state index contributed by atoms with van der Waals surface area (Å²) in [6.07, 6.45) is 1.63. The van der Waals surface area contributed by atoms with Crippen molar-refractivity contribution in [2.75, 3.05) is 0 Å². The second kappa shape index (κ2) is 3.39. The van der Waals surface area contributed by atoms with Gasteiger partial charge in [-0.1, -0.05) is 17.7 Å². The van der Waals surface area contributed by atoms with Crippen LogP contribution in [0.1, 0.15) is 17.4 Å². The maximum Gasteiger partial charge on any atom is 0.178 e. The van der Waals surface area contributed by atoms with Crippen LogP contribution in [0.25, 0.3) is 10.8 Å². The van der Waals surface area contributed by atoms with E-state index in [9.17, 15) is 4.79 Å². The lowest BCUT2D eigenvalue weighted by Gasteiger charge is -2.02. The van der Waals surface area contributed by atoms with Gasteiger partial charge in [0.1, 0.15) is 5.69 Å². The van der Waals surface area contributed by atoms with Gasteiger partial charge in [0.15, 0.2) is 5.78 Å². The first kappa shape index (κ1) is 9.16. The number of carbonyl (C=O) groups excluding carboxylic acids is 1. The van der Waals surface area contributed by atoms with E-state index in [0.717, 1.165) is 10.8 Å². The number of benzene rings is 1. The number of aromatic nitrogens is 1. The predicted molar refractivity (Wildman–Crippen MR) is 56.8 cm³/mol. The summed E-state index contributed by atoms with van der Waals surface area (Å²) in [5, 5.41) is 2.41. The maximum absolute atomic E-state index is 11.3. The average Bonchev–Trinajstić information content (AvgIpc) is 2.16. The lowest BCUT2D eigenvalue weighted by atomic mass is 10.1. The molecule has 3 heteroatoms. The Balaban J connectivity index is 2.84. The number of nitrogens with zero attached hydrogens (tertiary/aromatic N) is 1. The lowest BCUT2D eigenvalue weighted by Crippen LogP contribution is -1.97. The standard InChI is InChI=1S/C11H8ClNO/c1-7(14)11-10-6-9(12)3-2-8(10)4-5-13-11/h2-6H,1H3. The molecule has 0 N–H and O–H groups in total. The Morgan fingerprint density at radius 1 is 1.36 bits per heavy atom. The van der Waals surface area contributed by atoms with E-state index in [4.69, 9.17) is 11.6 Å². The molecule has 0 radical (unpaired) electrons. The van der Waals surface area contributed by atoms with Crippen molar-refractivity contribution in [1.82, 2.24) is 4.98 Å². The Hall–Kier alpha value is -1.41. The van der Waals surface area contributed by atoms with Gasteiger partial charge in [-0.25, -0.2) is 0 Å². The van der Waals surface area contributed by atoms with E-state index in [1.807, 2.05) is 12.1 Å². The van der Waals surface area contributed by atoms with E-state index in [1.165, 1.54) is 6.92 Å². The van der Waals surface area contributed by atoms with Crippen molar-refractivity contribution >= 4 is 28.2 Å². The summed E-state index contributed by atoms with van der Waals surface area (Å²) < 4.78 is 0. The number of hydrogen-bond donors (Lipinski definition) is 0. The number of Topliss-reactive ketones (excluding diaryl/α,β-unsaturated/α-hetero) is 1. The Labute approximate surface area is 86.5 Å². The molecule has 0 unspecified atom stereocenters. The number of pyridine rings is 1. The minimum Gasteiger partial charge on any atom is -0.293 e. The highest BCUT2D eigenvalue weighted by molar-refractivity contribution is 6.31. The third-order valence-corrected chi connectivity index (χ3v) is 2.30. The number of hydrogen-bond acceptors (Lipinski definition) is 2. The highest BCUT2D eigenvalue weighted by atomic mass is 35.5. The summed E-state index contributed by atoms with van der Waals surface area (Å²) in [5.41, 5.74) is 0.477. The first-order valence-corrected chi connectivity index (χ1v) is 4.61. The van der Waals surface area contributed by atoms with E-state index in [1.54, 1.807) is 18.3 Å². The molecule has 0 spiro atoms. The van der Waals surface area contributed by atoms with Crippen LogP contribution in [0.3, 0.4) is 0 Å². The summed E-state index contributed by atoms with van der Waals surface area (Å²) in [6.45, 7) is 1.50. The van der Waals surface area contributed by atoms with Crippen LogP contribution >= 0.6 is 11.6 Å². The molecule has 0 aliphatic heterocycles. The molecule has 0 amide bonds. The molecule has 1 aromatic carbocycles. The van der Waals surface area contributed by atoms with Crippen molar-refractivity contribution in [2.24, 2.45) is 0 Å². The molecule has 2 rings (SSSR count). The van der Waals surface area contributed by atoms with Crippen LogP contribution in [-0.2, 0) is 0 Å². The summed E-state index contributed by atoms with van der Waals surface area (Å²) >= 11 is 5.86. The molecule has 2 aromatic rings. The third kappa shape index (κ3) is 1.49. The topological polar surface area (TPSA) is 30.0 Å². The summed E-state index contributed by atoms with van der Waals surface area (Å²) in [4.78, 5) is 15.3. The van der Waals surface area contributed by atoms with Crippen molar-refractivity contribution in [3.8, 4) is 0 Å². The van der Waals surface area contributed by atoms with Crippen molar-refractivity contribution in [1.29, 1.82) is 0 Å². The quantitative estimate of drug-likeness (QED) is 0.670. The van der Waals surface area contributed by atoms with Gasteiger partial charge in [0.05, 0.1) is 0 Å². The van der Waals surface area contributed by atoms with E-state index < -0.39 is 0 Å². The molecule has 0 aliphatic carbocycles. The van der Waals surface area contributed by atoms with Gasteiger partial charge in [-0.2, -0.15) is 0 Å². The fraction of sp³-hybridized carbons (Fsp3) is 0.0909. The molecule has 0 saturated carbocycles. The second-order valence-corrected chi connectivity index (χ2v) is 3.52. The third-order valence-electron chi connectivity index (χ3n) is 2.06. The van der Waals surface area contributed by atoms with Gasteiger partial charge < -0.3 is 0 Å². The van der Waals surface area contributed by atoms with E-state index >= 15 is 0 Å². The first-order chi connectivity index (χ1) is 6.68. The Bertz CT molecular complexity index is 508. The smallest absolute Gasteiger partial charge is 0.178 e. The molecule has 0 saturated heterocycles. The van der Waals surface area contributed by atoms with Crippen molar-refractivity contribution in [3.05, 3.63) is 41.2 Å². The SMILES string of the molecule is CC(=O)c1nccc2ccc(Cl)cc12. The maximum atomic E-state index is 11.3. The van der Waals surface area contributed by atoms with E-state index in [-0.39, 0.29) is 5.78 Å². The van der Waals surface area contributed by atoms with E-state index in [2.05, 4.69) is 4.98 Å². The highest BCUT2D eigenvalue weighted by Crippen LogP contribution is 2.21. The van der Waals surface area contributed by atoms with Crippen LogP contribution in [0.15, 0.2) is 30.5 Å².